The summed E-state index contributed by atoms with van der Waals surface area (Å²) >= 11 is 0. The maximum atomic E-state index is 12.6. The molecule has 7 heteroatoms. The second-order valence-corrected chi connectivity index (χ2v) is 10.1. The summed E-state index contributed by atoms with van der Waals surface area (Å²) in [7, 11) is 0.676. The van der Waals surface area contributed by atoms with E-state index in [1.165, 1.54) is 25.0 Å². The van der Waals surface area contributed by atoms with Crippen LogP contribution in [-0.4, -0.2) is 51.4 Å². The van der Waals surface area contributed by atoms with Gasteiger partial charge in [-0.2, -0.15) is 0 Å². The van der Waals surface area contributed by atoms with Gasteiger partial charge in [-0.3, -0.25) is 4.79 Å². The van der Waals surface area contributed by atoms with Crippen LogP contribution in [0, 0.1) is 5.92 Å². The van der Waals surface area contributed by atoms with Crippen molar-refractivity contribution in [3.63, 3.8) is 0 Å². The average molecular weight is 394 g/mol. The highest BCUT2D eigenvalue weighted by Gasteiger charge is 2.37. The zero-order chi connectivity index (χ0) is 19.7. The fourth-order valence-electron chi connectivity index (χ4n) is 3.98. The van der Waals surface area contributed by atoms with Crippen LogP contribution in [0.3, 0.4) is 0 Å². The van der Waals surface area contributed by atoms with Crippen molar-refractivity contribution in [1.82, 2.24) is 14.9 Å². The van der Waals surface area contributed by atoms with Crippen LogP contribution in [0.25, 0.3) is 0 Å². The average Bonchev–Trinajstić information content (AvgIpc) is 3.43. The first kappa shape index (κ1) is 20.3. The third-order valence-corrected chi connectivity index (χ3v) is 7.46. The number of sulfonamides is 1. The summed E-state index contributed by atoms with van der Waals surface area (Å²) in [6, 6.07) is 6.25. The summed E-state index contributed by atoms with van der Waals surface area (Å²) in [5.74, 6) is 0.495. The molecule has 2 aliphatic carbocycles. The van der Waals surface area contributed by atoms with Crippen LogP contribution in [0.1, 0.15) is 55.8 Å². The molecule has 1 aromatic carbocycles. The van der Waals surface area contributed by atoms with Crippen LogP contribution in [0.15, 0.2) is 29.2 Å². The van der Waals surface area contributed by atoms with Crippen LogP contribution in [0.4, 0.5) is 0 Å². The number of nitrogens with zero attached hydrogens (tertiary/aromatic N) is 1. The normalized spacial score (nSPS) is 26.1. The van der Waals surface area contributed by atoms with Gasteiger partial charge in [0, 0.05) is 23.7 Å². The molecule has 0 aromatic heterocycles. The third kappa shape index (κ3) is 4.89. The van der Waals surface area contributed by atoms with Crippen LogP contribution >= 0.6 is 0 Å². The number of benzene rings is 1. The van der Waals surface area contributed by atoms with Gasteiger partial charge in [-0.05, 0) is 70.0 Å². The van der Waals surface area contributed by atoms with Crippen molar-refractivity contribution >= 4 is 15.9 Å². The molecule has 0 unspecified atom stereocenters. The lowest BCUT2D eigenvalue weighted by Crippen LogP contribution is -2.55. The first-order chi connectivity index (χ1) is 12.7. The van der Waals surface area contributed by atoms with Crippen LogP contribution in [-0.2, 0) is 10.0 Å². The molecule has 2 aliphatic rings. The highest BCUT2D eigenvalue weighted by atomic mass is 32.2. The molecule has 0 radical (unpaired) electrons. The molecule has 0 bridgehead atoms. The van der Waals surface area contributed by atoms with Gasteiger partial charge in [0.15, 0.2) is 0 Å². The van der Waals surface area contributed by atoms with E-state index in [1.807, 2.05) is 0 Å². The Morgan fingerprint density at radius 2 is 1.85 bits per heavy atom. The minimum Gasteiger partial charge on any atom is -0.350 e. The Morgan fingerprint density at radius 3 is 2.41 bits per heavy atom. The maximum absolute atomic E-state index is 12.6. The smallest absolute Gasteiger partial charge is 0.251 e. The summed E-state index contributed by atoms with van der Waals surface area (Å²) in [6.45, 7) is 2.88. The molecule has 2 fully saturated rings. The Kier molecular flexibility index (Phi) is 5.93. The molecule has 0 spiro atoms. The molecule has 0 saturated heterocycles. The van der Waals surface area contributed by atoms with Crippen LogP contribution in [0.2, 0.25) is 0 Å². The van der Waals surface area contributed by atoms with E-state index in [0.29, 0.717) is 18.0 Å². The van der Waals surface area contributed by atoms with E-state index in [-0.39, 0.29) is 22.4 Å². The predicted molar refractivity (Wildman–Crippen MR) is 106 cm³/mol. The standard InChI is InChI=1S/C20H31N3O3S/c1-15-5-4-12-20(13-15,23(2)3)14-21-19(24)16-6-10-18(11-7-16)27(25,26)22-17-8-9-17/h6-7,10-11,15,17,22H,4-5,8-9,12-14H2,1-3H3,(H,21,24)/t15-,20-/m0/s1. The molecular weight excluding hydrogens is 362 g/mol. The first-order valence-corrected chi connectivity index (χ1v) is 11.3. The molecule has 6 nitrogen and oxygen atoms in total. The number of nitrogens with one attached hydrogen (secondary N) is 2. The molecule has 27 heavy (non-hydrogen) atoms. The fourth-order valence-corrected chi connectivity index (χ4v) is 5.28. The second-order valence-electron chi connectivity index (χ2n) is 8.42. The summed E-state index contributed by atoms with van der Waals surface area (Å²) in [4.78, 5) is 15.0. The summed E-state index contributed by atoms with van der Waals surface area (Å²) in [6.07, 6.45) is 6.36. The number of hydrogen-bond donors (Lipinski definition) is 2. The lowest BCUT2D eigenvalue weighted by atomic mass is 9.75. The van der Waals surface area contributed by atoms with E-state index >= 15 is 0 Å². The zero-order valence-corrected chi connectivity index (χ0v) is 17.3. The lowest BCUT2D eigenvalue weighted by molar-refractivity contribution is 0.0675. The Balaban J connectivity index is 1.63. The van der Waals surface area contributed by atoms with E-state index in [2.05, 4.69) is 36.0 Å². The fraction of sp³-hybridized carbons (Fsp3) is 0.650. The van der Waals surface area contributed by atoms with Gasteiger partial charge in [0.1, 0.15) is 0 Å². The summed E-state index contributed by atoms with van der Waals surface area (Å²) < 4.78 is 27.1. The number of carbonyl (C=O) groups is 1. The molecule has 2 N–H and O–H groups in total. The molecular formula is C20H31N3O3S. The number of rotatable bonds is 7. The molecule has 2 saturated carbocycles. The van der Waals surface area contributed by atoms with Gasteiger partial charge in [0.05, 0.1) is 4.90 Å². The number of amides is 1. The van der Waals surface area contributed by atoms with Gasteiger partial charge >= 0.3 is 0 Å². The number of hydrogen-bond acceptors (Lipinski definition) is 4. The Hall–Kier alpha value is -1.44. The van der Waals surface area contributed by atoms with Gasteiger partial charge in [0.25, 0.3) is 5.91 Å². The van der Waals surface area contributed by atoms with Crippen molar-refractivity contribution in [2.24, 2.45) is 5.92 Å². The van der Waals surface area contributed by atoms with Crippen molar-refractivity contribution in [3.05, 3.63) is 29.8 Å². The van der Waals surface area contributed by atoms with E-state index in [4.69, 9.17) is 0 Å². The highest BCUT2D eigenvalue weighted by Crippen LogP contribution is 2.35. The first-order valence-electron chi connectivity index (χ1n) is 9.80. The van der Waals surface area contributed by atoms with Gasteiger partial charge in [-0.1, -0.05) is 19.8 Å². The number of carbonyl (C=O) groups excluding carboxylic acids is 1. The Labute approximate surface area is 162 Å². The molecule has 2 atom stereocenters. The van der Waals surface area contributed by atoms with Gasteiger partial charge < -0.3 is 10.2 Å². The van der Waals surface area contributed by atoms with Crippen molar-refractivity contribution in [1.29, 1.82) is 0 Å². The minimum absolute atomic E-state index is 0.00914. The van der Waals surface area contributed by atoms with Crippen molar-refractivity contribution < 1.29 is 13.2 Å². The van der Waals surface area contributed by atoms with E-state index in [9.17, 15) is 13.2 Å². The molecule has 3 rings (SSSR count). The molecule has 1 amide bonds. The summed E-state index contributed by atoms with van der Waals surface area (Å²) in [5.41, 5.74) is 0.475. The highest BCUT2D eigenvalue weighted by molar-refractivity contribution is 7.89. The largest absolute Gasteiger partial charge is 0.350 e. The minimum atomic E-state index is -3.48. The Morgan fingerprint density at radius 1 is 1.19 bits per heavy atom. The van der Waals surface area contributed by atoms with E-state index < -0.39 is 10.0 Å². The SMILES string of the molecule is C[C@H]1CCC[C@](CNC(=O)c2ccc(S(=O)(=O)NC3CC3)cc2)(N(C)C)C1. The molecule has 1 aromatic rings. The number of likely N-dealkylation sites (N-methyl/N-ethyl adjacent to an activating group) is 1. The van der Waals surface area contributed by atoms with Crippen LogP contribution in [0.5, 0.6) is 0 Å². The molecule has 150 valence electrons. The topological polar surface area (TPSA) is 78.5 Å². The quantitative estimate of drug-likeness (QED) is 0.745. The van der Waals surface area contributed by atoms with Crippen molar-refractivity contribution in [2.45, 2.75) is 61.9 Å². The maximum Gasteiger partial charge on any atom is 0.251 e. The van der Waals surface area contributed by atoms with Gasteiger partial charge in [-0.25, -0.2) is 13.1 Å². The zero-order valence-electron chi connectivity index (χ0n) is 16.5. The lowest BCUT2D eigenvalue weighted by Gasteiger charge is -2.45. The molecule has 0 aliphatic heterocycles. The summed E-state index contributed by atoms with van der Waals surface area (Å²) in [5, 5.41) is 3.07. The monoisotopic (exact) mass is 393 g/mol. The van der Waals surface area contributed by atoms with Crippen molar-refractivity contribution in [3.8, 4) is 0 Å². The van der Waals surface area contributed by atoms with Crippen LogP contribution < -0.4 is 10.0 Å². The van der Waals surface area contributed by atoms with Crippen molar-refractivity contribution in [2.75, 3.05) is 20.6 Å². The third-order valence-electron chi connectivity index (χ3n) is 5.92. The molecule has 0 heterocycles. The van der Waals surface area contributed by atoms with E-state index in [0.717, 1.165) is 25.7 Å². The van der Waals surface area contributed by atoms with Gasteiger partial charge in [0.2, 0.25) is 10.0 Å². The predicted octanol–water partition coefficient (Wildman–Crippen LogP) is 2.37. The van der Waals surface area contributed by atoms with E-state index in [1.54, 1.807) is 12.1 Å². The van der Waals surface area contributed by atoms with Gasteiger partial charge in [-0.15, -0.1) is 0 Å². The second kappa shape index (κ2) is 7.89. The Bertz CT molecular complexity index is 772.